The zero-order valence-corrected chi connectivity index (χ0v) is 14.2. The Morgan fingerprint density at radius 2 is 1.95 bits per heavy atom. The normalized spacial score (nSPS) is 20.7. The molecule has 1 saturated carbocycles. The van der Waals surface area contributed by atoms with Gasteiger partial charge < -0.3 is 10.6 Å². The molecule has 1 fully saturated rings. The minimum absolute atomic E-state index is 0.160. The van der Waals surface area contributed by atoms with Crippen LogP contribution in [0.15, 0.2) is 24.3 Å². The third-order valence-corrected chi connectivity index (χ3v) is 5.20. The fraction of sp³-hybridized carbons (Fsp3) is 0.684. The SMILES string of the molecule is Cc1cccc(C(N)CCN(C)C2CCC(C)(C)CC2)c1. The molecule has 2 nitrogen and oxygen atoms in total. The van der Waals surface area contributed by atoms with Gasteiger partial charge in [0, 0.05) is 12.1 Å². The third-order valence-electron chi connectivity index (χ3n) is 5.20. The van der Waals surface area contributed by atoms with Crippen LogP contribution in [-0.2, 0) is 0 Å². The third kappa shape index (κ3) is 4.82. The van der Waals surface area contributed by atoms with Gasteiger partial charge in [0.15, 0.2) is 0 Å². The minimum atomic E-state index is 0.160. The number of rotatable bonds is 5. The second kappa shape index (κ2) is 6.93. The van der Waals surface area contributed by atoms with Gasteiger partial charge in [-0.25, -0.2) is 0 Å². The van der Waals surface area contributed by atoms with Gasteiger partial charge in [0.2, 0.25) is 0 Å². The van der Waals surface area contributed by atoms with Crippen LogP contribution in [0.2, 0.25) is 0 Å². The smallest absolute Gasteiger partial charge is 0.0307 e. The molecular formula is C19H32N2. The molecule has 2 heteroatoms. The predicted molar refractivity (Wildman–Crippen MR) is 91.4 cm³/mol. The standard InChI is InChI=1S/C19H32N2/c1-15-6-5-7-16(14-15)18(20)10-13-21(4)17-8-11-19(2,3)12-9-17/h5-7,14,17-18H,8-13,20H2,1-4H3. The molecule has 1 aliphatic rings. The lowest BCUT2D eigenvalue weighted by Crippen LogP contribution is -2.38. The van der Waals surface area contributed by atoms with E-state index in [1.54, 1.807) is 0 Å². The van der Waals surface area contributed by atoms with E-state index >= 15 is 0 Å². The Balaban J connectivity index is 1.80. The van der Waals surface area contributed by atoms with Crippen molar-refractivity contribution in [2.75, 3.05) is 13.6 Å². The molecule has 1 aromatic rings. The summed E-state index contributed by atoms with van der Waals surface area (Å²) in [7, 11) is 2.27. The second-order valence-corrected chi connectivity index (χ2v) is 7.69. The van der Waals surface area contributed by atoms with Crippen LogP contribution >= 0.6 is 0 Å². The second-order valence-electron chi connectivity index (χ2n) is 7.69. The summed E-state index contributed by atoms with van der Waals surface area (Å²) in [6.45, 7) is 8.03. The molecule has 1 atom stereocenters. The Morgan fingerprint density at radius 3 is 2.57 bits per heavy atom. The van der Waals surface area contributed by atoms with Crippen LogP contribution in [0.3, 0.4) is 0 Å². The maximum Gasteiger partial charge on any atom is 0.0307 e. The zero-order chi connectivity index (χ0) is 15.5. The fourth-order valence-electron chi connectivity index (χ4n) is 3.42. The number of hydrogen-bond donors (Lipinski definition) is 1. The Kier molecular flexibility index (Phi) is 5.45. The van der Waals surface area contributed by atoms with Gasteiger partial charge in [0.1, 0.15) is 0 Å². The van der Waals surface area contributed by atoms with Crippen molar-refractivity contribution in [2.45, 2.75) is 65.0 Å². The first-order valence-electron chi connectivity index (χ1n) is 8.40. The van der Waals surface area contributed by atoms with Gasteiger partial charge in [-0.1, -0.05) is 43.7 Å². The molecule has 21 heavy (non-hydrogen) atoms. The monoisotopic (exact) mass is 288 g/mol. The highest BCUT2D eigenvalue weighted by molar-refractivity contribution is 5.24. The number of benzene rings is 1. The van der Waals surface area contributed by atoms with Crippen LogP contribution in [0.25, 0.3) is 0 Å². The van der Waals surface area contributed by atoms with Gasteiger partial charge in [-0.3, -0.25) is 0 Å². The highest BCUT2D eigenvalue weighted by Gasteiger charge is 2.28. The summed E-state index contributed by atoms with van der Waals surface area (Å²) in [4.78, 5) is 2.53. The number of hydrogen-bond acceptors (Lipinski definition) is 2. The molecule has 1 unspecified atom stereocenters. The van der Waals surface area contributed by atoms with E-state index in [1.807, 2.05) is 0 Å². The topological polar surface area (TPSA) is 29.3 Å². The highest BCUT2D eigenvalue weighted by atomic mass is 15.1. The lowest BCUT2D eigenvalue weighted by atomic mass is 9.75. The summed E-state index contributed by atoms with van der Waals surface area (Å²) in [5.41, 5.74) is 9.48. The van der Waals surface area contributed by atoms with Crippen LogP contribution in [0.4, 0.5) is 0 Å². The van der Waals surface area contributed by atoms with E-state index in [4.69, 9.17) is 5.73 Å². The molecule has 0 aromatic heterocycles. The summed E-state index contributed by atoms with van der Waals surface area (Å²) in [5.74, 6) is 0. The van der Waals surface area contributed by atoms with Crippen LogP contribution in [-0.4, -0.2) is 24.5 Å². The first kappa shape index (κ1) is 16.5. The van der Waals surface area contributed by atoms with Crippen LogP contribution < -0.4 is 5.73 Å². The molecule has 118 valence electrons. The van der Waals surface area contributed by atoms with Crippen LogP contribution in [0.1, 0.15) is 63.1 Å². The number of aryl methyl sites for hydroxylation is 1. The van der Waals surface area contributed by atoms with Crippen molar-refractivity contribution in [1.29, 1.82) is 0 Å². The van der Waals surface area contributed by atoms with E-state index in [-0.39, 0.29) is 6.04 Å². The minimum Gasteiger partial charge on any atom is -0.324 e. The van der Waals surface area contributed by atoms with Gasteiger partial charge in [-0.2, -0.15) is 0 Å². The molecular weight excluding hydrogens is 256 g/mol. The highest BCUT2D eigenvalue weighted by Crippen LogP contribution is 2.36. The summed E-state index contributed by atoms with van der Waals surface area (Å²) in [6.07, 6.45) is 6.42. The van der Waals surface area contributed by atoms with Gasteiger partial charge in [0.05, 0.1) is 0 Å². The van der Waals surface area contributed by atoms with Gasteiger partial charge in [-0.05, 0) is 63.6 Å². The van der Waals surface area contributed by atoms with Gasteiger partial charge >= 0.3 is 0 Å². The summed E-state index contributed by atoms with van der Waals surface area (Å²) in [6, 6.07) is 9.52. The van der Waals surface area contributed by atoms with E-state index in [9.17, 15) is 0 Å². The van der Waals surface area contributed by atoms with E-state index in [0.717, 1.165) is 19.0 Å². The largest absolute Gasteiger partial charge is 0.324 e. The van der Waals surface area contributed by atoms with E-state index < -0.39 is 0 Å². The molecule has 0 spiro atoms. The van der Waals surface area contributed by atoms with Crippen molar-refractivity contribution < 1.29 is 0 Å². The van der Waals surface area contributed by atoms with Crippen molar-refractivity contribution in [1.82, 2.24) is 4.90 Å². The molecule has 2 N–H and O–H groups in total. The quantitative estimate of drug-likeness (QED) is 0.876. The van der Waals surface area contributed by atoms with Crippen molar-refractivity contribution in [3.63, 3.8) is 0 Å². The van der Waals surface area contributed by atoms with Gasteiger partial charge in [0.25, 0.3) is 0 Å². The van der Waals surface area contributed by atoms with E-state index in [2.05, 4.69) is 57.0 Å². The zero-order valence-electron chi connectivity index (χ0n) is 14.2. The molecule has 2 rings (SSSR count). The Morgan fingerprint density at radius 1 is 1.29 bits per heavy atom. The van der Waals surface area contributed by atoms with E-state index in [1.165, 1.54) is 36.8 Å². The number of nitrogens with two attached hydrogens (primary N) is 1. The molecule has 1 aliphatic carbocycles. The Bertz CT molecular complexity index is 443. The Labute approximate surface area is 130 Å². The lowest BCUT2D eigenvalue weighted by molar-refractivity contribution is 0.125. The van der Waals surface area contributed by atoms with E-state index in [0.29, 0.717) is 5.41 Å². The summed E-state index contributed by atoms with van der Waals surface area (Å²) >= 11 is 0. The molecule has 1 aromatic carbocycles. The first-order valence-corrected chi connectivity index (χ1v) is 8.40. The molecule has 0 bridgehead atoms. The molecule has 0 amide bonds. The van der Waals surface area contributed by atoms with Gasteiger partial charge in [-0.15, -0.1) is 0 Å². The average Bonchev–Trinajstić information content (AvgIpc) is 2.44. The predicted octanol–water partition coefficient (Wildman–Crippen LogP) is 4.29. The van der Waals surface area contributed by atoms with Crippen LogP contribution in [0.5, 0.6) is 0 Å². The van der Waals surface area contributed by atoms with Crippen LogP contribution in [0, 0.1) is 12.3 Å². The molecule has 0 heterocycles. The van der Waals surface area contributed by atoms with Crippen molar-refractivity contribution in [3.05, 3.63) is 35.4 Å². The fourth-order valence-corrected chi connectivity index (χ4v) is 3.42. The van der Waals surface area contributed by atoms with Crippen molar-refractivity contribution in [2.24, 2.45) is 11.1 Å². The molecule has 0 radical (unpaired) electrons. The summed E-state index contributed by atoms with van der Waals surface area (Å²) in [5, 5.41) is 0. The lowest BCUT2D eigenvalue weighted by Gasteiger charge is -2.39. The Hall–Kier alpha value is -0.860. The average molecular weight is 288 g/mol. The van der Waals surface area contributed by atoms with Crippen molar-refractivity contribution >= 4 is 0 Å². The summed E-state index contributed by atoms with van der Waals surface area (Å²) < 4.78 is 0. The van der Waals surface area contributed by atoms with Crippen molar-refractivity contribution in [3.8, 4) is 0 Å². The number of nitrogens with zero attached hydrogens (tertiary/aromatic N) is 1. The maximum atomic E-state index is 6.36. The first-order chi connectivity index (χ1) is 9.87. The molecule has 0 saturated heterocycles. The maximum absolute atomic E-state index is 6.36. The molecule has 0 aliphatic heterocycles.